The molecule has 0 N–H and O–H groups in total. The number of rotatable bonds is 3. The monoisotopic (exact) mass is 373 g/mol. The van der Waals surface area contributed by atoms with Gasteiger partial charge in [0, 0.05) is 0 Å². The summed E-state index contributed by atoms with van der Waals surface area (Å²) in [7, 11) is 0. The largest absolute Gasteiger partial charge is 0.460 e. The van der Waals surface area contributed by atoms with Crippen LogP contribution in [0.15, 0.2) is 24.3 Å². The first-order chi connectivity index (χ1) is 12.7. The minimum atomic E-state index is -0.669. The number of esters is 1. The minimum absolute atomic E-state index is 0.213. The number of nitrogens with zero attached hydrogens (tertiary/aromatic N) is 1. The first-order valence-corrected chi connectivity index (χ1v) is 9.10. The standard InChI is InChI=1S/C20H23NO6/c1-20(2,3)26-18(24)12-7-6-8-13(11-12)19(25)27-21-16(22)14-9-4-5-10-15(14)17(21)23/h4-5,9-10,12-13H,6-8,11H2,1-3H3/t12-,13+/m0/s1. The molecule has 0 saturated heterocycles. The molecule has 1 fully saturated rings. The van der Waals surface area contributed by atoms with Gasteiger partial charge < -0.3 is 9.57 Å². The van der Waals surface area contributed by atoms with Crippen LogP contribution in [0.25, 0.3) is 0 Å². The Labute approximate surface area is 157 Å². The third-order valence-corrected chi connectivity index (χ3v) is 4.69. The molecule has 1 heterocycles. The van der Waals surface area contributed by atoms with Crippen molar-refractivity contribution in [3.8, 4) is 0 Å². The fraction of sp³-hybridized carbons (Fsp3) is 0.500. The quantitative estimate of drug-likeness (QED) is 0.598. The Morgan fingerprint density at radius 3 is 2.00 bits per heavy atom. The molecule has 1 saturated carbocycles. The molecule has 0 bridgehead atoms. The molecule has 0 spiro atoms. The van der Waals surface area contributed by atoms with Gasteiger partial charge in [-0.1, -0.05) is 23.6 Å². The van der Waals surface area contributed by atoms with E-state index in [4.69, 9.17) is 9.57 Å². The van der Waals surface area contributed by atoms with Crippen LogP contribution in [0.1, 0.15) is 67.2 Å². The van der Waals surface area contributed by atoms with Crippen LogP contribution in [0.2, 0.25) is 0 Å². The number of amides is 2. The molecule has 3 rings (SSSR count). The number of carbonyl (C=O) groups is 4. The van der Waals surface area contributed by atoms with Gasteiger partial charge in [-0.15, -0.1) is 0 Å². The molecule has 1 aromatic rings. The van der Waals surface area contributed by atoms with Crippen LogP contribution in [0, 0.1) is 11.8 Å². The maximum atomic E-state index is 12.5. The first kappa shape index (κ1) is 19.1. The fourth-order valence-corrected chi connectivity index (χ4v) is 3.42. The van der Waals surface area contributed by atoms with Gasteiger partial charge >= 0.3 is 11.9 Å². The summed E-state index contributed by atoms with van der Waals surface area (Å²) < 4.78 is 5.41. The molecule has 2 atom stereocenters. The molecule has 1 aliphatic heterocycles. The lowest BCUT2D eigenvalue weighted by molar-refractivity contribution is -0.177. The van der Waals surface area contributed by atoms with Crippen molar-refractivity contribution in [2.45, 2.75) is 52.1 Å². The third kappa shape index (κ3) is 4.02. The topological polar surface area (TPSA) is 90.0 Å². The number of ether oxygens (including phenoxy) is 1. The maximum absolute atomic E-state index is 12.5. The zero-order valence-corrected chi connectivity index (χ0v) is 15.7. The smallest absolute Gasteiger partial charge is 0.336 e. The summed E-state index contributed by atoms with van der Waals surface area (Å²) in [6.45, 7) is 5.38. The van der Waals surface area contributed by atoms with Crippen molar-refractivity contribution in [3.63, 3.8) is 0 Å². The summed E-state index contributed by atoms with van der Waals surface area (Å²) in [6, 6.07) is 6.31. The lowest BCUT2D eigenvalue weighted by Gasteiger charge is -2.29. The van der Waals surface area contributed by atoms with Crippen LogP contribution in [0.4, 0.5) is 0 Å². The van der Waals surface area contributed by atoms with E-state index in [0.29, 0.717) is 24.3 Å². The van der Waals surface area contributed by atoms with Gasteiger partial charge in [-0.25, -0.2) is 4.79 Å². The Bertz CT molecular complexity index is 759. The molecule has 144 valence electrons. The normalized spacial score (nSPS) is 22.4. The number of fused-ring (bicyclic) bond motifs is 1. The maximum Gasteiger partial charge on any atom is 0.336 e. The van der Waals surface area contributed by atoms with Crippen LogP contribution in [0.3, 0.4) is 0 Å². The SMILES string of the molecule is CC(C)(C)OC(=O)[C@H]1CCC[C@@H](C(=O)ON2C(=O)c3ccccc3C2=O)C1. The second-order valence-electron chi connectivity index (χ2n) is 7.95. The Hall–Kier alpha value is -2.70. The molecular weight excluding hydrogens is 350 g/mol. The average molecular weight is 373 g/mol. The van der Waals surface area contributed by atoms with E-state index in [0.717, 1.165) is 0 Å². The number of hydroxylamine groups is 2. The molecule has 0 unspecified atom stereocenters. The highest BCUT2D eigenvalue weighted by molar-refractivity contribution is 6.20. The van der Waals surface area contributed by atoms with Crippen molar-refractivity contribution in [3.05, 3.63) is 35.4 Å². The highest BCUT2D eigenvalue weighted by Gasteiger charge is 2.41. The average Bonchev–Trinajstić information content (AvgIpc) is 2.86. The second-order valence-corrected chi connectivity index (χ2v) is 7.95. The molecule has 7 nitrogen and oxygen atoms in total. The van der Waals surface area contributed by atoms with E-state index in [1.807, 2.05) is 0 Å². The van der Waals surface area contributed by atoms with Crippen LogP contribution in [-0.4, -0.2) is 34.4 Å². The van der Waals surface area contributed by atoms with E-state index in [2.05, 4.69) is 0 Å². The van der Waals surface area contributed by atoms with E-state index in [1.54, 1.807) is 32.9 Å². The van der Waals surface area contributed by atoms with Crippen LogP contribution in [0.5, 0.6) is 0 Å². The predicted molar refractivity (Wildman–Crippen MR) is 94.3 cm³/mol. The van der Waals surface area contributed by atoms with Crippen LogP contribution >= 0.6 is 0 Å². The summed E-state index contributed by atoms with van der Waals surface area (Å²) in [5, 5.41) is 0.518. The van der Waals surface area contributed by atoms with Crippen molar-refractivity contribution in [1.29, 1.82) is 0 Å². The predicted octanol–water partition coefficient (Wildman–Crippen LogP) is 2.89. The Morgan fingerprint density at radius 2 is 1.48 bits per heavy atom. The highest BCUT2D eigenvalue weighted by Crippen LogP contribution is 2.33. The molecule has 0 radical (unpaired) electrons. The lowest BCUT2D eigenvalue weighted by atomic mass is 9.81. The summed E-state index contributed by atoms with van der Waals surface area (Å²) >= 11 is 0. The molecule has 1 aliphatic carbocycles. The third-order valence-electron chi connectivity index (χ3n) is 4.69. The molecule has 2 amide bonds. The van der Waals surface area contributed by atoms with E-state index >= 15 is 0 Å². The lowest BCUT2D eigenvalue weighted by Crippen LogP contribution is -2.38. The minimum Gasteiger partial charge on any atom is -0.460 e. The van der Waals surface area contributed by atoms with E-state index in [-0.39, 0.29) is 23.5 Å². The summed E-state index contributed by atoms with van der Waals surface area (Å²) in [5.74, 6) is -3.25. The fourth-order valence-electron chi connectivity index (χ4n) is 3.42. The van der Waals surface area contributed by atoms with Crippen molar-refractivity contribution in [1.82, 2.24) is 5.06 Å². The molecular formula is C20H23NO6. The Kier molecular flexibility index (Phi) is 5.04. The molecule has 7 heteroatoms. The number of imide groups is 1. The first-order valence-electron chi connectivity index (χ1n) is 9.10. The van der Waals surface area contributed by atoms with E-state index < -0.39 is 35.2 Å². The second kappa shape index (κ2) is 7.13. The van der Waals surface area contributed by atoms with Gasteiger partial charge in [0.1, 0.15) is 5.60 Å². The molecule has 2 aliphatic rings. The van der Waals surface area contributed by atoms with Crippen molar-refractivity contribution >= 4 is 23.8 Å². The Balaban J connectivity index is 1.64. The van der Waals surface area contributed by atoms with Crippen LogP contribution in [-0.2, 0) is 19.2 Å². The summed E-state index contributed by atoms with van der Waals surface area (Å²) in [5.41, 5.74) is -0.166. The molecule has 27 heavy (non-hydrogen) atoms. The van der Waals surface area contributed by atoms with Gasteiger partial charge in [0.25, 0.3) is 11.8 Å². The van der Waals surface area contributed by atoms with Gasteiger partial charge in [-0.3, -0.25) is 14.4 Å². The molecule has 1 aromatic carbocycles. The zero-order valence-electron chi connectivity index (χ0n) is 15.7. The number of benzene rings is 1. The van der Waals surface area contributed by atoms with Crippen molar-refractivity contribution in [2.75, 3.05) is 0 Å². The van der Waals surface area contributed by atoms with Gasteiger partial charge in [0.15, 0.2) is 0 Å². The van der Waals surface area contributed by atoms with E-state index in [1.165, 1.54) is 12.1 Å². The van der Waals surface area contributed by atoms with Crippen molar-refractivity contribution in [2.24, 2.45) is 11.8 Å². The number of hydrogen-bond acceptors (Lipinski definition) is 6. The van der Waals surface area contributed by atoms with Gasteiger partial charge in [-0.2, -0.15) is 0 Å². The zero-order chi connectivity index (χ0) is 19.8. The van der Waals surface area contributed by atoms with Gasteiger partial charge in [0.05, 0.1) is 23.0 Å². The van der Waals surface area contributed by atoms with E-state index in [9.17, 15) is 19.2 Å². The number of carbonyl (C=O) groups excluding carboxylic acids is 4. The Morgan fingerprint density at radius 1 is 0.963 bits per heavy atom. The number of hydrogen-bond donors (Lipinski definition) is 0. The van der Waals surface area contributed by atoms with Crippen molar-refractivity contribution < 1.29 is 28.8 Å². The summed E-state index contributed by atoms with van der Waals surface area (Å²) in [4.78, 5) is 54.6. The molecule has 0 aromatic heterocycles. The highest BCUT2D eigenvalue weighted by atomic mass is 16.7. The van der Waals surface area contributed by atoms with Crippen LogP contribution < -0.4 is 0 Å². The van der Waals surface area contributed by atoms with Gasteiger partial charge in [0.2, 0.25) is 0 Å². The summed E-state index contributed by atoms with van der Waals surface area (Å²) in [6.07, 6.45) is 2.15. The van der Waals surface area contributed by atoms with Gasteiger partial charge in [-0.05, 0) is 52.2 Å².